The number of rotatable bonds is 2. The third-order valence-electron chi connectivity index (χ3n) is 3.74. The van der Waals surface area contributed by atoms with Gasteiger partial charge in [0.25, 0.3) is 0 Å². The van der Waals surface area contributed by atoms with E-state index in [1.54, 1.807) is 25.4 Å². The summed E-state index contributed by atoms with van der Waals surface area (Å²) in [6.07, 6.45) is 5.11. The van der Waals surface area contributed by atoms with Gasteiger partial charge in [0.1, 0.15) is 5.82 Å². The second-order valence-electron chi connectivity index (χ2n) is 5.07. The van der Waals surface area contributed by atoms with Crippen LogP contribution in [0.3, 0.4) is 0 Å². The van der Waals surface area contributed by atoms with Crippen molar-refractivity contribution in [2.24, 2.45) is 0 Å². The van der Waals surface area contributed by atoms with Crippen molar-refractivity contribution in [3.63, 3.8) is 0 Å². The maximum Gasteiger partial charge on any atom is 0.147 e. The molecule has 1 aromatic heterocycles. The Morgan fingerprint density at radius 1 is 1.32 bits per heavy atom. The van der Waals surface area contributed by atoms with Crippen LogP contribution in [0, 0.1) is 5.82 Å². The Hall–Kier alpha value is -1.68. The van der Waals surface area contributed by atoms with E-state index in [-0.39, 0.29) is 5.82 Å². The SMILES string of the molecule is C[C@H](O)c1cccc(F)c1-n1cnc2c1CCCC2. The molecule has 3 rings (SSSR count). The molecule has 0 saturated carbocycles. The van der Waals surface area contributed by atoms with E-state index in [0.717, 1.165) is 37.1 Å². The van der Waals surface area contributed by atoms with Gasteiger partial charge in [-0.25, -0.2) is 9.37 Å². The summed E-state index contributed by atoms with van der Waals surface area (Å²) in [4.78, 5) is 4.39. The second kappa shape index (κ2) is 4.78. The summed E-state index contributed by atoms with van der Waals surface area (Å²) in [6.45, 7) is 1.65. The lowest BCUT2D eigenvalue weighted by molar-refractivity contribution is 0.198. The van der Waals surface area contributed by atoms with Gasteiger partial charge < -0.3 is 5.11 Å². The molecule has 0 radical (unpaired) electrons. The molecule has 1 aliphatic rings. The van der Waals surface area contributed by atoms with E-state index in [1.165, 1.54) is 6.07 Å². The fourth-order valence-electron chi connectivity index (χ4n) is 2.79. The van der Waals surface area contributed by atoms with Crippen LogP contribution < -0.4 is 0 Å². The van der Waals surface area contributed by atoms with Crippen molar-refractivity contribution < 1.29 is 9.50 Å². The highest BCUT2D eigenvalue weighted by molar-refractivity contribution is 5.46. The molecule has 0 bridgehead atoms. The number of benzene rings is 1. The zero-order chi connectivity index (χ0) is 13.4. The molecule has 1 N–H and O–H groups in total. The van der Waals surface area contributed by atoms with Crippen LogP contribution in [-0.2, 0) is 12.8 Å². The minimum atomic E-state index is -0.702. The van der Waals surface area contributed by atoms with Gasteiger partial charge in [0.15, 0.2) is 0 Å². The number of aromatic nitrogens is 2. The molecule has 0 unspecified atom stereocenters. The number of imidazole rings is 1. The van der Waals surface area contributed by atoms with E-state index in [0.29, 0.717) is 11.3 Å². The zero-order valence-electron chi connectivity index (χ0n) is 10.9. The van der Waals surface area contributed by atoms with Crippen LogP contribution in [0.5, 0.6) is 0 Å². The van der Waals surface area contributed by atoms with Gasteiger partial charge in [-0.3, -0.25) is 4.57 Å². The van der Waals surface area contributed by atoms with Crippen molar-refractivity contribution in [2.75, 3.05) is 0 Å². The Morgan fingerprint density at radius 3 is 2.89 bits per heavy atom. The fraction of sp³-hybridized carbons (Fsp3) is 0.400. The van der Waals surface area contributed by atoms with Crippen molar-refractivity contribution >= 4 is 0 Å². The third-order valence-corrected chi connectivity index (χ3v) is 3.74. The minimum Gasteiger partial charge on any atom is -0.389 e. The lowest BCUT2D eigenvalue weighted by Gasteiger charge is -2.18. The highest BCUT2D eigenvalue weighted by Gasteiger charge is 2.21. The van der Waals surface area contributed by atoms with Gasteiger partial charge in [0.2, 0.25) is 0 Å². The minimum absolute atomic E-state index is 0.316. The number of aliphatic hydroxyl groups excluding tert-OH is 1. The summed E-state index contributed by atoms with van der Waals surface area (Å²) < 4.78 is 16.0. The van der Waals surface area contributed by atoms with Gasteiger partial charge in [-0.2, -0.15) is 0 Å². The first-order valence-corrected chi connectivity index (χ1v) is 6.70. The maximum atomic E-state index is 14.2. The summed E-state index contributed by atoms with van der Waals surface area (Å²) in [7, 11) is 0. The van der Waals surface area contributed by atoms with E-state index in [2.05, 4.69) is 4.98 Å². The lowest BCUT2D eigenvalue weighted by Crippen LogP contribution is -2.11. The summed E-state index contributed by atoms with van der Waals surface area (Å²) >= 11 is 0. The lowest BCUT2D eigenvalue weighted by atomic mass is 10.0. The van der Waals surface area contributed by atoms with E-state index < -0.39 is 6.10 Å². The van der Waals surface area contributed by atoms with Crippen molar-refractivity contribution in [3.05, 3.63) is 47.3 Å². The Labute approximate surface area is 111 Å². The van der Waals surface area contributed by atoms with E-state index in [9.17, 15) is 9.50 Å². The average molecular weight is 260 g/mol. The molecule has 1 aromatic carbocycles. The average Bonchev–Trinajstić information content (AvgIpc) is 2.82. The largest absolute Gasteiger partial charge is 0.389 e. The zero-order valence-corrected chi connectivity index (χ0v) is 10.9. The smallest absolute Gasteiger partial charge is 0.147 e. The Morgan fingerprint density at radius 2 is 2.11 bits per heavy atom. The number of halogens is 1. The molecule has 2 aromatic rings. The van der Waals surface area contributed by atoms with Crippen LogP contribution in [0.15, 0.2) is 24.5 Å². The highest BCUT2D eigenvalue weighted by Crippen LogP contribution is 2.29. The molecule has 0 spiro atoms. The summed E-state index contributed by atoms with van der Waals surface area (Å²) in [5, 5.41) is 9.83. The first kappa shape index (κ1) is 12.4. The van der Waals surface area contributed by atoms with Crippen LogP contribution in [0.1, 0.15) is 42.8 Å². The molecule has 4 heteroatoms. The number of nitrogens with zero attached hydrogens (tertiary/aromatic N) is 2. The van der Waals surface area contributed by atoms with Gasteiger partial charge in [-0.05, 0) is 38.7 Å². The molecule has 19 heavy (non-hydrogen) atoms. The van der Waals surface area contributed by atoms with Crippen LogP contribution in [0.25, 0.3) is 5.69 Å². The van der Waals surface area contributed by atoms with Crippen molar-refractivity contribution in [3.8, 4) is 5.69 Å². The van der Waals surface area contributed by atoms with Crippen LogP contribution >= 0.6 is 0 Å². The van der Waals surface area contributed by atoms with Crippen molar-refractivity contribution in [1.29, 1.82) is 0 Å². The van der Waals surface area contributed by atoms with Gasteiger partial charge in [-0.1, -0.05) is 12.1 Å². The standard InChI is InChI=1S/C15H17FN2O/c1-10(19)11-5-4-6-12(16)15(11)18-9-17-13-7-2-3-8-14(13)18/h4-6,9-10,19H,2-3,7-8H2,1H3/t10-/m0/s1. The monoisotopic (exact) mass is 260 g/mol. The molecule has 1 heterocycles. The van der Waals surface area contributed by atoms with Crippen molar-refractivity contribution in [2.45, 2.75) is 38.7 Å². The Kier molecular flexibility index (Phi) is 3.11. The molecule has 0 fully saturated rings. The van der Waals surface area contributed by atoms with Gasteiger partial charge in [0.05, 0.1) is 23.8 Å². The third kappa shape index (κ3) is 2.06. The van der Waals surface area contributed by atoms with Crippen LogP contribution in [-0.4, -0.2) is 14.7 Å². The highest BCUT2D eigenvalue weighted by atomic mass is 19.1. The molecular weight excluding hydrogens is 243 g/mol. The van der Waals surface area contributed by atoms with Crippen LogP contribution in [0.4, 0.5) is 4.39 Å². The summed E-state index contributed by atoms with van der Waals surface area (Å²) in [5.41, 5.74) is 3.18. The van der Waals surface area contributed by atoms with Crippen molar-refractivity contribution in [1.82, 2.24) is 9.55 Å². The topological polar surface area (TPSA) is 38.0 Å². The quantitative estimate of drug-likeness (QED) is 0.901. The number of hydrogen-bond acceptors (Lipinski definition) is 2. The normalized spacial score (nSPS) is 16.2. The molecular formula is C15H17FN2O. The first-order valence-electron chi connectivity index (χ1n) is 6.70. The molecule has 1 aliphatic carbocycles. The Bertz CT molecular complexity index is 604. The molecule has 0 saturated heterocycles. The number of fused-ring (bicyclic) bond motifs is 1. The predicted molar refractivity (Wildman–Crippen MR) is 70.8 cm³/mol. The molecule has 0 aliphatic heterocycles. The predicted octanol–water partition coefficient (Wildman–Crippen LogP) is 2.94. The van der Waals surface area contributed by atoms with E-state index in [1.807, 2.05) is 4.57 Å². The number of hydrogen-bond donors (Lipinski definition) is 1. The Balaban J connectivity index is 2.19. The number of aliphatic hydroxyl groups is 1. The number of aryl methyl sites for hydroxylation is 1. The molecule has 3 nitrogen and oxygen atoms in total. The molecule has 0 amide bonds. The second-order valence-corrected chi connectivity index (χ2v) is 5.07. The fourth-order valence-corrected chi connectivity index (χ4v) is 2.79. The maximum absolute atomic E-state index is 14.2. The first-order chi connectivity index (χ1) is 9.18. The number of para-hydroxylation sites is 1. The molecule has 1 atom stereocenters. The summed E-state index contributed by atoms with van der Waals surface area (Å²) in [5.74, 6) is -0.316. The van der Waals surface area contributed by atoms with E-state index in [4.69, 9.17) is 0 Å². The van der Waals surface area contributed by atoms with Gasteiger partial charge >= 0.3 is 0 Å². The van der Waals surface area contributed by atoms with Gasteiger partial charge in [-0.15, -0.1) is 0 Å². The molecule has 100 valence electrons. The van der Waals surface area contributed by atoms with Gasteiger partial charge in [0, 0.05) is 11.3 Å². The summed E-state index contributed by atoms with van der Waals surface area (Å²) in [6, 6.07) is 4.82. The van der Waals surface area contributed by atoms with E-state index >= 15 is 0 Å². The van der Waals surface area contributed by atoms with Crippen LogP contribution in [0.2, 0.25) is 0 Å².